The molecular formula is C24H22N2O3. The van der Waals surface area contributed by atoms with Crippen molar-refractivity contribution in [3.8, 4) is 0 Å². The summed E-state index contributed by atoms with van der Waals surface area (Å²) in [5.74, 6) is 0.0133. The second kappa shape index (κ2) is 7.24. The van der Waals surface area contributed by atoms with Gasteiger partial charge < -0.3 is 14.6 Å². The number of rotatable bonds is 5. The normalized spacial score (nSPS) is 17.6. The predicted octanol–water partition coefficient (Wildman–Crippen LogP) is 4.82. The van der Waals surface area contributed by atoms with Crippen LogP contribution < -0.4 is 5.32 Å². The zero-order valence-electron chi connectivity index (χ0n) is 16.0. The highest BCUT2D eigenvalue weighted by molar-refractivity contribution is 6.02. The Hall–Kier alpha value is -3.34. The first kappa shape index (κ1) is 17.7. The molecule has 1 atom stereocenters. The lowest BCUT2D eigenvalue weighted by Crippen LogP contribution is -2.36. The van der Waals surface area contributed by atoms with Crippen LogP contribution in [0.4, 0.5) is 5.69 Å². The molecular weight excluding hydrogens is 364 g/mol. The predicted molar refractivity (Wildman–Crippen MR) is 110 cm³/mol. The van der Waals surface area contributed by atoms with Crippen LogP contribution in [0.3, 0.4) is 0 Å². The minimum Gasteiger partial charge on any atom is -0.459 e. The fourth-order valence-electron chi connectivity index (χ4n) is 4.18. The minimum atomic E-state index is -0.309. The first-order valence-corrected chi connectivity index (χ1v) is 10.1. The average molecular weight is 386 g/mol. The molecule has 1 unspecified atom stereocenters. The van der Waals surface area contributed by atoms with Crippen LogP contribution in [0.1, 0.15) is 57.3 Å². The summed E-state index contributed by atoms with van der Waals surface area (Å²) in [6.07, 6.45) is 5.61. The number of fused-ring (bicyclic) bond motifs is 1. The Morgan fingerprint density at radius 1 is 0.931 bits per heavy atom. The highest BCUT2D eigenvalue weighted by Gasteiger charge is 2.40. The van der Waals surface area contributed by atoms with Crippen molar-refractivity contribution in [1.82, 2.24) is 4.90 Å². The third-order valence-electron chi connectivity index (χ3n) is 5.75. The first-order valence-electron chi connectivity index (χ1n) is 10.1. The molecule has 29 heavy (non-hydrogen) atoms. The topological polar surface area (TPSA) is 62.6 Å². The van der Waals surface area contributed by atoms with Crippen molar-refractivity contribution in [3.63, 3.8) is 0 Å². The maximum absolute atomic E-state index is 13.4. The molecule has 0 spiro atoms. The number of benzene rings is 2. The lowest BCUT2D eigenvalue weighted by molar-refractivity contribution is 0.0658. The Bertz CT molecular complexity index is 1040. The average Bonchev–Trinajstić information content (AvgIpc) is 3.25. The highest BCUT2D eigenvalue weighted by atomic mass is 16.3. The van der Waals surface area contributed by atoms with E-state index in [0.717, 1.165) is 25.7 Å². The molecule has 146 valence electrons. The molecule has 2 aromatic carbocycles. The molecule has 3 aromatic rings. The van der Waals surface area contributed by atoms with Gasteiger partial charge in [-0.2, -0.15) is 0 Å². The first-order chi connectivity index (χ1) is 14.2. The number of amides is 2. The molecule has 0 bridgehead atoms. The number of nitrogens with zero attached hydrogens (tertiary/aromatic N) is 1. The Kier molecular flexibility index (Phi) is 4.43. The van der Waals surface area contributed by atoms with Gasteiger partial charge in [0.25, 0.3) is 11.8 Å². The molecule has 1 N–H and O–H groups in total. The Morgan fingerprint density at radius 3 is 2.45 bits per heavy atom. The van der Waals surface area contributed by atoms with Gasteiger partial charge in [-0.15, -0.1) is 0 Å². The van der Waals surface area contributed by atoms with E-state index in [4.69, 9.17) is 4.42 Å². The zero-order chi connectivity index (χ0) is 19.8. The Balaban J connectivity index is 1.34. The molecule has 2 aliphatic carbocycles. The second-order valence-electron chi connectivity index (χ2n) is 7.71. The van der Waals surface area contributed by atoms with E-state index in [1.165, 1.54) is 17.4 Å². The van der Waals surface area contributed by atoms with E-state index >= 15 is 0 Å². The summed E-state index contributed by atoms with van der Waals surface area (Å²) in [4.78, 5) is 27.6. The minimum absolute atomic E-state index is 0.0677. The molecule has 2 amide bonds. The number of hydrogen-bond acceptors (Lipinski definition) is 3. The monoisotopic (exact) mass is 386 g/mol. The molecule has 1 saturated carbocycles. The van der Waals surface area contributed by atoms with Crippen molar-refractivity contribution in [1.29, 1.82) is 0 Å². The summed E-state index contributed by atoms with van der Waals surface area (Å²) in [7, 11) is 0. The van der Waals surface area contributed by atoms with Crippen molar-refractivity contribution in [2.75, 3.05) is 5.32 Å². The molecule has 0 aliphatic heterocycles. The fraction of sp³-hybridized carbons (Fsp3) is 0.250. The maximum Gasteiger partial charge on any atom is 0.291 e. The van der Waals surface area contributed by atoms with Gasteiger partial charge >= 0.3 is 0 Å². The van der Waals surface area contributed by atoms with E-state index in [1.807, 2.05) is 0 Å². The van der Waals surface area contributed by atoms with Gasteiger partial charge in [0.05, 0.1) is 12.3 Å². The van der Waals surface area contributed by atoms with E-state index in [0.29, 0.717) is 17.3 Å². The molecule has 1 heterocycles. The van der Waals surface area contributed by atoms with Crippen molar-refractivity contribution >= 4 is 17.5 Å². The van der Waals surface area contributed by atoms with E-state index in [-0.39, 0.29) is 23.6 Å². The van der Waals surface area contributed by atoms with Crippen LogP contribution in [0, 0.1) is 0 Å². The Labute approximate surface area is 169 Å². The van der Waals surface area contributed by atoms with Gasteiger partial charge in [0, 0.05) is 17.3 Å². The number of hydrogen-bond donors (Lipinski definition) is 1. The number of aryl methyl sites for hydroxylation is 1. The van der Waals surface area contributed by atoms with E-state index < -0.39 is 0 Å². The quantitative estimate of drug-likeness (QED) is 0.683. The van der Waals surface area contributed by atoms with Gasteiger partial charge in [-0.1, -0.05) is 24.3 Å². The van der Waals surface area contributed by atoms with Crippen LogP contribution in [0.2, 0.25) is 0 Å². The zero-order valence-corrected chi connectivity index (χ0v) is 16.0. The van der Waals surface area contributed by atoms with Gasteiger partial charge in [-0.25, -0.2) is 0 Å². The molecule has 2 aliphatic rings. The van der Waals surface area contributed by atoms with Crippen LogP contribution >= 0.6 is 0 Å². The van der Waals surface area contributed by atoms with Crippen LogP contribution in [0.15, 0.2) is 71.3 Å². The van der Waals surface area contributed by atoms with Crippen molar-refractivity contribution in [3.05, 3.63) is 89.4 Å². The lowest BCUT2D eigenvalue weighted by atomic mass is 10.0. The molecule has 1 fully saturated rings. The van der Waals surface area contributed by atoms with Crippen molar-refractivity contribution in [2.24, 2.45) is 0 Å². The Morgan fingerprint density at radius 2 is 1.72 bits per heavy atom. The maximum atomic E-state index is 13.4. The van der Waals surface area contributed by atoms with E-state index in [2.05, 4.69) is 34.5 Å². The molecule has 5 heteroatoms. The summed E-state index contributed by atoms with van der Waals surface area (Å²) < 4.78 is 5.11. The number of nitrogens with one attached hydrogen (secondary N) is 1. The number of carbonyl (C=O) groups is 2. The summed E-state index contributed by atoms with van der Waals surface area (Å²) >= 11 is 0. The summed E-state index contributed by atoms with van der Waals surface area (Å²) in [6.45, 7) is 0. The number of carbonyl (C=O) groups excluding carboxylic acids is 2. The molecule has 0 radical (unpaired) electrons. The smallest absolute Gasteiger partial charge is 0.291 e. The standard InChI is InChI=1S/C24H22N2O3/c27-23(22-6-3-15-29-22)25-18-10-7-17(8-11-18)24(28)26(19-12-13-19)21-14-9-16-4-1-2-5-20(16)21/h1-8,10-11,15,19,21H,9,12-14H2,(H,25,27). The van der Waals surface area contributed by atoms with E-state index in [9.17, 15) is 9.59 Å². The van der Waals surface area contributed by atoms with E-state index in [1.54, 1.807) is 36.4 Å². The SMILES string of the molecule is O=C(Nc1ccc(C(=O)N(C2CC2)C2CCc3ccccc32)cc1)c1ccco1. The highest BCUT2D eigenvalue weighted by Crippen LogP contribution is 2.42. The van der Waals surface area contributed by atoms with Gasteiger partial charge in [0.1, 0.15) is 0 Å². The largest absolute Gasteiger partial charge is 0.459 e. The van der Waals surface area contributed by atoms with Gasteiger partial charge in [0.15, 0.2) is 5.76 Å². The second-order valence-corrected chi connectivity index (χ2v) is 7.71. The van der Waals surface area contributed by atoms with Gasteiger partial charge in [-0.05, 0) is 73.2 Å². The fourth-order valence-corrected chi connectivity index (χ4v) is 4.18. The third kappa shape index (κ3) is 3.44. The summed E-state index contributed by atoms with van der Waals surface area (Å²) in [5.41, 5.74) is 3.92. The molecule has 5 rings (SSSR count). The lowest BCUT2D eigenvalue weighted by Gasteiger charge is -2.30. The van der Waals surface area contributed by atoms with Crippen molar-refractivity contribution in [2.45, 2.75) is 37.8 Å². The van der Waals surface area contributed by atoms with Gasteiger partial charge in [0.2, 0.25) is 0 Å². The van der Waals surface area contributed by atoms with Crippen LogP contribution in [0.25, 0.3) is 0 Å². The molecule has 1 aromatic heterocycles. The third-order valence-corrected chi connectivity index (χ3v) is 5.75. The number of anilines is 1. The number of furan rings is 1. The van der Waals surface area contributed by atoms with Crippen LogP contribution in [-0.2, 0) is 6.42 Å². The molecule has 5 nitrogen and oxygen atoms in total. The molecule has 0 saturated heterocycles. The van der Waals surface area contributed by atoms with Gasteiger partial charge in [-0.3, -0.25) is 9.59 Å². The van der Waals surface area contributed by atoms with Crippen LogP contribution in [-0.4, -0.2) is 22.8 Å². The summed E-state index contributed by atoms with van der Waals surface area (Å²) in [6, 6.07) is 19.3. The van der Waals surface area contributed by atoms with Crippen LogP contribution in [0.5, 0.6) is 0 Å². The summed E-state index contributed by atoms with van der Waals surface area (Å²) in [5, 5.41) is 2.79. The van der Waals surface area contributed by atoms with Crippen molar-refractivity contribution < 1.29 is 14.0 Å².